The Bertz CT molecular complexity index is 2320. The number of nitrogens with zero attached hydrogens (tertiary/aromatic N) is 6. The molecule has 4 amide bonds. The number of hydrogen-bond donors (Lipinski definition) is 4. The molecule has 0 bridgehead atoms. The molecule has 5 heterocycles. The molecule has 18 heteroatoms. The number of fused-ring (bicyclic) bond motifs is 1. The number of hydrogen-bond acceptors (Lipinski definition) is 13. The lowest BCUT2D eigenvalue weighted by atomic mass is 9.95. The molecule has 3 aliphatic rings. The summed E-state index contributed by atoms with van der Waals surface area (Å²) in [5.41, 5.74) is 2.40. The van der Waals surface area contributed by atoms with Gasteiger partial charge in [0.15, 0.2) is 18.2 Å². The molecular weight excluding hydrogens is 792 g/mol. The van der Waals surface area contributed by atoms with E-state index in [-0.39, 0.29) is 48.7 Å². The number of carbonyl (C=O) groups is 4. The molecule has 60 heavy (non-hydrogen) atoms. The van der Waals surface area contributed by atoms with Crippen molar-refractivity contribution in [3.05, 3.63) is 69.6 Å². The average molecular weight is 843 g/mol. The Kier molecular flexibility index (Phi) is 13.0. The summed E-state index contributed by atoms with van der Waals surface area (Å²) < 4.78 is 13.1. The van der Waals surface area contributed by atoms with Gasteiger partial charge in [0, 0.05) is 89.2 Å². The third-order valence-corrected chi connectivity index (χ3v) is 11.4. The van der Waals surface area contributed by atoms with Crippen molar-refractivity contribution in [2.75, 3.05) is 74.6 Å². The number of anilines is 4. The summed E-state index contributed by atoms with van der Waals surface area (Å²) in [6.07, 6.45) is 3.95. The molecule has 3 saturated heterocycles. The first-order chi connectivity index (χ1) is 28.8. The number of ether oxygens (including phenoxy) is 2. The Morgan fingerprint density at radius 1 is 0.950 bits per heavy atom. The van der Waals surface area contributed by atoms with Gasteiger partial charge in [0.1, 0.15) is 16.8 Å². The van der Waals surface area contributed by atoms with Crippen molar-refractivity contribution in [1.29, 1.82) is 0 Å². The predicted octanol–water partition coefficient (Wildman–Crippen LogP) is 3.21. The SMILES string of the molecule is CNC(=O)COc1cc2cc(Nc3nc(N4CCN(CC5CCN(c6ccc(C(=O)NC7CCC(=O)NC7=O)c(OC(C)C)c6)CC5)CC4)ncc3Cl)ccc2n(C)c1=O. The molecule has 17 nitrogen and oxygen atoms in total. The van der Waals surface area contributed by atoms with Gasteiger partial charge >= 0.3 is 0 Å². The van der Waals surface area contributed by atoms with Crippen LogP contribution in [0, 0.1) is 5.92 Å². The van der Waals surface area contributed by atoms with Crippen LogP contribution in [0.15, 0.2) is 53.5 Å². The molecule has 0 aliphatic carbocycles. The summed E-state index contributed by atoms with van der Waals surface area (Å²) >= 11 is 6.56. The monoisotopic (exact) mass is 842 g/mol. The fourth-order valence-electron chi connectivity index (χ4n) is 7.77. The van der Waals surface area contributed by atoms with E-state index in [0.29, 0.717) is 45.2 Å². The van der Waals surface area contributed by atoms with Gasteiger partial charge in [0.05, 0.1) is 23.4 Å². The second-order valence-corrected chi connectivity index (χ2v) is 16.0. The maximum Gasteiger partial charge on any atom is 0.293 e. The number of halogens is 1. The number of carbonyl (C=O) groups excluding carboxylic acids is 4. The number of aryl methyl sites for hydroxylation is 1. The minimum atomic E-state index is -0.769. The van der Waals surface area contributed by atoms with Crippen molar-refractivity contribution in [3.8, 4) is 11.5 Å². The fraction of sp³-hybridized carbons (Fsp3) is 0.452. The second kappa shape index (κ2) is 18.5. The van der Waals surface area contributed by atoms with Gasteiger partial charge in [-0.15, -0.1) is 0 Å². The van der Waals surface area contributed by atoms with Gasteiger partial charge in [-0.2, -0.15) is 4.98 Å². The third kappa shape index (κ3) is 9.90. The minimum absolute atomic E-state index is 0.0744. The van der Waals surface area contributed by atoms with E-state index in [4.69, 9.17) is 26.1 Å². The highest BCUT2D eigenvalue weighted by Gasteiger charge is 2.30. The van der Waals surface area contributed by atoms with Gasteiger partial charge in [-0.3, -0.25) is 34.2 Å². The number of likely N-dealkylation sites (N-methyl/N-ethyl adjacent to an activating group) is 1. The van der Waals surface area contributed by atoms with Crippen LogP contribution in [0.5, 0.6) is 11.5 Å². The van der Waals surface area contributed by atoms with Crippen LogP contribution in [0.25, 0.3) is 10.9 Å². The Morgan fingerprint density at radius 3 is 2.43 bits per heavy atom. The number of amides is 4. The van der Waals surface area contributed by atoms with Crippen molar-refractivity contribution in [2.45, 2.75) is 51.7 Å². The molecule has 2 aromatic carbocycles. The van der Waals surface area contributed by atoms with E-state index in [1.807, 2.05) is 44.2 Å². The number of piperazine rings is 1. The summed E-state index contributed by atoms with van der Waals surface area (Å²) in [6, 6.07) is 12.0. The highest BCUT2D eigenvalue weighted by molar-refractivity contribution is 6.33. The Labute approximate surface area is 352 Å². The van der Waals surface area contributed by atoms with Crippen LogP contribution >= 0.6 is 11.6 Å². The Balaban J connectivity index is 0.917. The van der Waals surface area contributed by atoms with Crippen LogP contribution in [0.4, 0.5) is 23.1 Å². The number of piperidine rings is 2. The van der Waals surface area contributed by atoms with Crippen LogP contribution in [0.1, 0.15) is 49.9 Å². The summed E-state index contributed by atoms with van der Waals surface area (Å²) in [6.45, 7) is 9.60. The van der Waals surface area contributed by atoms with Gasteiger partial charge < -0.3 is 39.8 Å². The topological polar surface area (TPSA) is 192 Å². The third-order valence-electron chi connectivity index (χ3n) is 11.1. The van der Waals surface area contributed by atoms with Gasteiger partial charge in [-0.05, 0) is 75.4 Å². The van der Waals surface area contributed by atoms with E-state index in [0.717, 1.165) is 69.7 Å². The zero-order valence-electron chi connectivity index (χ0n) is 34.3. The van der Waals surface area contributed by atoms with Crippen molar-refractivity contribution in [3.63, 3.8) is 0 Å². The van der Waals surface area contributed by atoms with E-state index < -0.39 is 17.9 Å². The summed E-state index contributed by atoms with van der Waals surface area (Å²) in [5.74, 6) is 0.550. The van der Waals surface area contributed by atoms with Gasteiger partial charge in [-0.1, -0.05) is 11.6 Å². The normalized spacial score (nSPS) is 17.7. The lowest BCUT2D eigenvalue weighted by Gasteiger charge is -2.39. The summed E-state index contributed by atoms with van der Waals surface area (Å²) in [7, 11) is 3.16. The van der Waals surface area contributed by atoms with Crippen molar-refractivity contribution in [2.24, 2.45) is 13.0 Å². The number of imide groups is 1. The zero-order chi connectivity index (χ0) is 42.5. The zero-order valence-corrected chi connectivity index (χ0v) is 35.0. The van der Waals surface area contributed by atoms with E-state index in [1.54, 1.807) is 25.4 Å². The molecule has 1 atom stereocenters. The molecule has 0 saturated carbocycles. The minimum Gasteiger partial charge on any atom is -0.490 e. The first kappa shape index (κ1) is 42.2. The largest absolute Gasteiger partial charge is 0.490 e. The van der Waals surface area contributed by atoms with E-state index >= 15 is 0 Å². The number of benzene rings is 2. The molecule has 1 unspecified atom stereocenters. The number of aromatic nitrogens is 3. The predicted molar refractivity (Wildman–Crippen MR) is 229 cm³/mol. The smallest absolute Gasteiger partial charge is 0.293 e. The lowest BCUT2D eigenvalue weighted by Crippen LogP contribution is -2.52. The van der Waals surface area contributed by atoms with Crippen LogP contribution in [0.2, 0.25) is 5.02 Å². The maximum absolute atomic E-state index is 13.2. The van der Waals surface area contributed by atoms with Crippen molar-refractivity contribution < 1.29 is 28.7 Å². The molecule has 0 radical (unpaired) electrons. The Morgan fingerprint density at radius 2 is 1.72 bits per heavy atom. The first-order valence-corrected chi connectivity index (χ1v) is 20.7. The number of rotatable bonds is 13. The number of pyridine rings is 1. The lowest BCUT2D eigenvalue weighted by molar-refractivity contribution is -0.134. The van der Waals surface area contributed by atoms with Crippen LogP contribution in [-0.4, -0.2) is 115 Å². The summed E-state index contributed by atoms with van der Waals surface area (Å²) in [5, 5.41) is 11.9. The molecule has 7 rings (SSSR count). The molecular formula is C42H51ClN10O7. The highest BCUT2D eigenvalue weighted by atomic mass is 35.5. The van der Waals surface area contributed by atoms with Gasteiger partial charge in [-0.25, -0.2) is 4.98 Å². The molecule has 4 aromatic rings. The molecule has 318 valence electrons. The molecule has 3 aliphatic heterocycles. The fourth-order valence-corrected chi connectivity index (χ4v) is 7.91. The van der Waals surface area contributed by atoms with Crippen LogP contribution < -0.4 is 46.1 Å². The van der Waals surface area contributed by atoms with E-state index in [2.05, 4.69) is 41.0 Å². The molecule has 4 N–H and O–H groups in total. The van der Waals surface area contributed by atoms with Crippen molar-refractivity contribution >= 4 is 69.3 Å². The van der Waals surface area contributed by atoms with Gasteiger partial charge in [0.25, 0.3) is 17.4 Å². The van der Waals surface area contributed by atoms with E-state index in [1.165, 1.54) is 11.6 Å². The molecule has 3 fully saturated rings. The first-order valence-electron chi connectivity index (χ1n) is 20.3. The highest BCUT2D eigenvalue weighted by Crippen LogP contribution is 2.32. The maximum atomic E-state index is 13.2. The van der Waals surface area contributed by atoms with Crippen LogP contribution in [0.3, 0.4) is 0 Å². The van der Waals surface area contributed by atoms with Crippen LogP contribution in [-0.2, 0) is 21.4 Å². The Hall–Kier alpha value is -5.94. The molecule has 0 spiro atoms. The summed E-state index contributed by atoms with van der Waals surface area (Å²) in [4.78, 5) is 77.9. The number of nitrogens with one attached hydrogen (secondary N) is 4. The van der Waals surface area contributed by atoms with Gasteiger partial charge in [0.2, 0.25) is 17.8 Å². The molecule has 2 aromatic heterocycles. The second-order valence-electron chi connectivity index (χ2n) is 15.6. The quantitative estimate of drug-likeness (QED) is 0.144. The standard InChI is InChI=1S/C42H51ClN10O7/c1-25(2)60-34-21-29(6-7-30(34)39(56)47-32-8-10-36(54)48-40(32)57)52-13-11-26(12-14-52)23-51-15-17-53(18-16-51)42-45-22-31(43)38(49-42)46-28-5-9-33-27(19-28)20-35(41(58)50(33)4)59-24-37(55)44-3/h5-7,9,19-22,25-26,32H,8,10-18,23-24H2,1-4H3,(H,44,55)(H,47,56)(H,45,46,49)(H,48,54,57). The van der Waals surface area contributed by atoms with Crippen molar-refractivity contribution in [1.82, 2.24) is 35.4 Å². The average Bonchev–Trinajstić information content (AvgIpc) is 3.23. The van der Waals surface area contributed by atoms with E-state index in [9.17, 15) is 24.0 Å².